The minimum Gasteiger partial charge on any atom is -0.368 e. The number of hydrogen-bond donors (Lipinski definition) is 2. The highest BCUT2D eigenvalue weighted by atomic mass is 15.0. The van der Waals surface area contributed by atoms with Gasteiger partial charge in [0.1, 0.15) is 0 Å². The summed E-state index contributed by atoms with van der Waals surface area (Å²) in [5.74, 6) is -0.105. The van der Waals surface area contributed by atoms with Crippen molar-refractivity contribution in [3.05, 3.63) is 12.2 Å². The summed E-state index contributed by atoms with van der Waals surface area (Å²) >= 11 is 0. The molecule has 0 unspecified atom stereocenters. The Bertz CT molecular complexity index is 204. The molecular weight excluding hydrogens is 162 g/mol. The Balaban J connectivity index is 4.18. The minimum absolute atomic E-state index is 0.105. The van der Waals surface area contributed by atoms with Crippen molar-refractivity contribution >= 4 is 11.7 Å². The Morgan fingerprint density at radius 3 is 2.62 bits per heavy atom. The second kappa shape index (κ2) is 7.53. The molecule has 0 aliphatic carbocycles. The van der Waals surface area contributed by atoms with Crippen LogP contribution >= 0.6 is 0 Å². The molecule has 0 spiro atoms. The maximum atomic E-state index is 7.05. The maximum Gasteiger partial charge on any atom is 0.212 e. The standard InChI is InChI=1S/C10H19N3/c1-3-5-7-9(8-6-4-2)13-10(11)12/h5,7H,3-4,6,8H2,1-2H3,(H3,11,12)/b7-5-,13-9-. The van der Waals surface area contributed by atoms with Gasteiger partial charge in [-0.1, -0.05) is 26.3 Å². The zero-order valence-corrected chi connectivity index (χ0v) is 8.51. The quantitative estimate of drug-likeness (QED) is 0.496. The monoisotopic (exact) mass is 181 g/mol. The first kappa shape index (κ1) is 11.9. The third kappa shape index (κ3) is 7.25. The molecule has 0 saturated carbocycles. The van der Waals surface area contributed by atoms with Gasteiger partial charge in [-0.05, 0) is 25.3 Å². The predicted molar refractivity (Wildman–Crippen MR) is 58.3 cm³/mol. The third-order valence-electron chi connectivity index (χ3n) is 1.60. The van der Waals surface area contributed by atoms with Crippen LogP contribution < -0.4 is 5.73 Å². The van der Waals surface area contributed by atoms with Crippen LogP contribution in [-0.2, 0) is 0 Å². The van der Waals surface area contributed by atoms with E-state index in [1.54, 1.807) is 0 Å². The van der Waals surface area contributed by atoms with Crippen LogP contribution in [0.4, 0.5) is 0 Å². The second-order valence-corrected chi connectivity index (χ2v) is 2.90. The van der Waals surface area contributed by atoms with Gasteiger partial charge >= 0.3 is 0 Å². The summed E-state index contributed by atoms with van der Waals surface area (Å²) in [5, 5.41) is 7.05. The summed E-state index contributed by atoms with van der Waals surface area (Å²) in [4.78, 5) is 3.94. The van der Waals surface area contributed by atoms with Gasteiger partial charge in [0.15, 0.2) is 0 Å². The normalized spacial score (nSPS) is 12.3. The number of nitrogens with two attached hydrogens (primary N) is 1. The van der Waals surface area contributed by atoms with Crippen molar-refractivity contribution in [2.45, 2.75) is 39.5 Å². The second-order valence-electron chi connectivity index (χ2n) is 2.90. The van der Waals surface area contributed by atoms with Gasteiger partial charge in [0.25, 0.3) is 0 Å². The van der Waals surface area contributed by atoms with Gasteiger partial charge in [0, 0.05) is 5.71 Å². The first-order valence-corrected chi connectivity index (χ1v) is 4.78. The fourth-order valence-electron chi connectivity index (χ4n) is 0.943. The molecule has 0 atom stereocenters. The smallest absolute Gasteiger partial charge is 0.212 e. The fraction of sp³-hybridized carbons (Fsp3) is 0.600. The van der Waals surface area contributed by atoms with Crippen LogP contribution in [0.1, 0.15) is 39.5 Å². The van der Waals surface area contributed by atoms with E-state index in [1.807, 2.05) is 12.2 Å². The van der Waals surface area contributed by atoms with Gasteiger partial charge in [0.05, 0.1) is 0 Å². The summed E-state index contributed by atoms with van der Waals surface area (Å²) in [6.07, 6.45) is 8.13. The molecule has 0 saturated heterocycles. The zero-order chi connectivity index (χ0) is 10.1. The van der Waals surface area contributed by atoms with Gasteiger partial charge in [-0.3, -0.25) is 5.41 Å². The predicted octanol–water partition coefficient (Wildman–Crippen LogP) is 2.48. The maximum absolute atomic E-state index is 7.05. The van der Waals surface area contributed by atoms with Crippen LogP contribution in [0.25, 0.3) is 0 Å². The van der Waals surface area contributed by atoms with E-state index in [4.69, 9.17) is 11.1 Å². The summed E-state index contributed by atoms with van der Waals surface area (Å²) < 4.78 is 0. The van der Waals surface area contributed by atoms with Crippen molar-refractivity contribution in [3.63, 3.8) is 0 Å². The number of rotatable bonds is 5. The zero-order valence-electron chi connectivity index (χ0n) is 8.51. The molecule has 74 valence electrons. The van der Waals surface area contributed by atoms with Crippen molar-refractivity contribution in [2.24, 2.45) is 10.7 Å². The van der Waals surface area contributed by atoms with Crippen molar-refractivity contribution < 1.29 is 0 Å². The van der Waals surface area contributed by atoms with Crippen molar-refractivity contribution in [2.75, 3.05) is 0 Å². The first-order valence-electron chi connectivity index (χ1n) is 4.78. The topological polar surface area (TPSA) is 62.2 Å². The van der Waals surface area contributed by atoms with E-state index >= 15 is 0 Å². The number of unbranched alkanes of at least 4 members (excludes halogenated alkanes) is 1. The molecular formula is C10H19N3. The Morgan fingerprint density at radius 2 is 2.15 bits per heavy atom. The largest absolute Gasteiger partial charge is 0.368 e. The van der Waals surface area contributed by atoms with Crippen LogP contribution in [-0.4, -0.2) is 11.7 Å². The van der Waals surface area contributed by atoms with E-state index in [2.05, 4.69) is 18.8 Å². The molecule has 0 heterocycles. The molecule has 3 N–H and O–H groups in total. The van der Waals surface area contributed by atoms with Crippen molar-refractivity contribution in [3.8, 4) is 0 Å². The number of aliphatic imine (C=N–C) groups is 1. The molecule has 0 aliphatic rings. The first-order chi connectivity index (χ1) is 6.20. The highest BCUT2D eigenvalue weighted by Gasteiger charge is 1.94. The molecule has 0 aromatic rings. The van der Waals surface area contributed by atoms with Crippen LogP contribution in [0.5, 0.6) is 0 Å². The van der Waals surface area contributed by atoms with E-state index in [0.29, 0.717) is 0 Å². The van der Waals surface area contributed by atoms with E-state index in [0.717, 1.165) is 31.4 Å². The van der Waals surface area contributed by atoms with Gasteiger partial charge in [0.2, 0.25) is 5.96 Å². The van der Waals surface area contributed by atoms with E-state index in [9.17, 15) is 0 Å². The van der Waals surface area contributed by atoms with E-state index in [1.165, 1.54) is 0 Å². The van der Waals surface area contributed by atoms with Gasteiger partial charge in [-0.25, -0.2) is 4.99 Å². The molecule has 0 aromatic heterocycles. The molecule has 0 aromatic carbocycles. The van der Waals surface area contributed by atoms with Gasteiger partial charge < -0.3 is 5.73 Å². The Labute approximate surface area is 80.3 Å². The summed E-state index contributed by atoms with van der Waals surface area (Å²) in [6.45, 7) is 4.20. The summed E-state index contributed by atoms with van der Waals surface area (Å²) in [7, 11) is 0. The van der Waals surface area contributed by atoms with E-state index < -0.39 is 0 Å². The number of hydrogen-bond acceptors (Lipinski definition) is 1. The van der Waals surface area contributed by atoms with Crippen LogP contribution in [0.3, 0.4) is 0 Å². The minimum atomic E-state index is -0.105. The van der Waals surface area contributed by atoms with Crippen molar-refractivity contribution in [1.82, 2.24) is 0 Å². The summed E-state index contributed by atoms with van der Waals surface area (Å²) in [6, 6.07) is 0. The Morgan fingerprint density at radius 1 is 1.46 bits per heavy atom. The van der Waals surface area contributed by atoms with Crippen LogP contribution in [0, 0.1) is 5.41 Å². The highest BCUT2D eigenvalue weighted by molar-refractivity contribution is 6.02. The average molecular weight is 181 g/mol. The van der Waals surface area contributed by atoms with Gasteiger partial charge in [-0.15, -0.1) is 0 Å². The number of nitrogens with one attached hydrogen (secondary N) is 1. The Kier molecular flexibility index (Phi) is 6.88. The SMILES string of the molecule is CC/C=C\C(CCCC)=N\C(=N)N. The highest BCUT2D eigenvalue weighted by Crippen LogP contribution is 1.99. The van der Waals surface area contributed by atoms with Crippen molar-refractivity contribution in [1.29, 1.82) is 5.41 Å². The fourth-order valence-corrected chi connectivity index (χ4v) is 0.943. The molecule has 0 bridgehead atoms. The number of guanidine groups is 1. The van der Waals surface area contributed by atoms with Crippen LogP contribution in [0.15, 0.2) is 17.1 Å². The lowest BCUT2D eigenvalue weighted by molar-refractivity contribution is 0.836. The lowest BCUT2D eigenvalue weighted by Gasteiger charge is -1.98. The third-order valence-corrected chi connectivity index (χ3v) is 1.60. The van der Waals surface area contributed by atoms with Crippen LogP contribution in [0.2, 0.25) is 0 Å². The lowest BCUT2D eigenvalue weighted by Crippen LogP contribution is -2.09. The molecule has 0 amide bonds. The molecule has 3 heteroatoms. The number of nitrogens with zero attached hydrogens (tertiary/aromatic N) is 1. The Hall–Kier alpha value is -1.12. The number of allylic oxidation sites excluding steroid dienone is 2. The lowest BCUT2D eigenvalue weighted by atomic mass is 10.1. The molecule has 0 aliphatic heterocycles. The molecule has 13 heavy (non-hydrogen) atoms. The molecule has 0 rings (SSSR count). The van der Waals surface area contributed by atoms with Gasteiger partial charge in [-0.2, -0.15) is 0 Å². The van der Waals surface area contributed by atoms with E-state index in [-0.39, 0.29) is 5.96 Å². The average Bonchev–Trinajstić information content (AvgIpc) is 2.09. The molecule has 0 fully saturated rings. The summed E-state index contributed by atoms with van der Waals surface area (Å²) in [5.41, 5.74) is 6.11. The molecule has 0 radical (unpaired) electrons. The molecule has 3 nitrogen and oxygen atoms in total.